The van der Waals surface area contributed by atoms with Crippen molar-refractivity contribution in [2.45, 2.75) is 50.3 Å². The van der Waals surface area contributed by atoms with Gasteiger partial charge in [-0.25, -0.2) is 13.1 Å². The lowest BCUT2D eigenvalue weighted by atomic mass is 9.99. The molecule has 0 aliphatic heterocycles. The van der Waals surface area contributed by atoms with Crippen molar-refractivity contribution in [1.29, 1.82) is 0 Å². The zero-order valence-electron chi connectivity index (χ0n) is 12.2. The lowest BCUT2D eigenvalue weighted by Gasteiger charge is -2.30. The number of hydrogen-bond donors (Lipinski definition) is 2. The van der Waals surface area contributed by atoms with E-state index < -0.39 is 38.2 Å². The van der Waals surface area contributed by atoms with Gasteiger partial charge in [0.05, 0.1) is 10.5 Å². The third-order valence-corrected chi connectivity index (χ3v) is 5.23. The van der Waals surface area contributed by atoms with Crippen LogP contribution in [-0.2, 0) is 16.2 Å². The third-order valence-electron chi connectivity index (χ3n) is 3.41. The second-order valence-corrected chi connectivity index (χ2v) is 7.19. The van der Waals surface area contributed by atoms with Gasteiger partial charge >= 0.3 is 6.18 Å². The second-order valence-electron chi connectivity index (χ2n) is 5.54. The molecule has 0 aliphatic carbocycles. The average molecular weight is 324 g/mol. The summed E-state index contributed by atoms with van der Waals surface area (Å²) >= 11 is 0. The molecule has 0 spiro atoms. The number of rotatable bonds is 4. The highest BCUT2D eigenvalue weighted by Gasteiger charge is 2.36. The normalized spacial score (nSPS) is 15.0. The molecule has 3 N–H and O–H groups in total. The largest absolute Gasteiger partial charge is 0.416 e. The molecule has 0 saturated carbocycles. The van der Waals surface area contributed by atoms with E-state index >= 15 is 0 Å². The number of sulfonamides is 1. The molecule has 0 amide bonds. The van der Waals surface area contributed by atoms with Crippen LogP contribution in [0, 0.1) is 6.92 Å². The quantitative estimate of drug-likeness (QED) is 0.893. The Bertz CT molecular complexity index is 623. The van der Waals surface area contributed by atoms with Crippen LogP contribution in [0.2, 0.25) is 0 Å². The Hall–Kier alpha value is -1.12. The highest BCUT2D eigenvalue weighted by molar-refractivity contribution is 7.89. The Labute approximate surface area is 122 Å². The molecule has 4 nitrogen and oxygen atoms in total. The number of hydrogen-bond acceptors (Lipinski definition) is 3. The Morgan fingerprint density at radius 2 is 1.76 bits per heavy atom. The predicted octanol–water partition coefficient (Wildman–Crippen LogP) is 2.42. The maximum Gasteiger partial charge on any atom is 0.416 e. The van der Waals surface area contributed by atoms with Crippen molar-refractivity contribution in [3.8, 4) is 0 Å². The minimum Gasteiger partial charge on any atom is -0.326 e. The van der Waals surface area contributed by atoms with E-state index in [1.807, 2.05) is 0 Å². The van der Waals surface area contributed by atoms with Crippen molar-refractivity contribution >= 4 is 10.0 Å². The average Bonchev–Trinajstić information content (AvgIpc) is 2.25. The van der Waals surface area contributed by atoms with Gasteiger partial charge in [-0.15, -0.1) is 0 Å². The molecular weight excluding hydrogens is 305 g/mol. The first-order valence-electron chi connectivity index (χ1n) is 6.25. The lowest BCUT2D eigenvalue weighted by molar-refractivity contribution is -0.138. The van der Waals surface area contributed by atoms with Gasteiger partial charge in [0, 0.05) is 11.6 Å². The van der Waals surface area contributed by atoms with Crippen molar-refractivity contribution in [3.63, 3.8) is 0 Å². The molecule has 0 saturated heterocycles. The fourth-order valence-corrected chi connectivity index (χ4v) is 3.47. The Morgan fingerprint density at radius 1 is 1.24 bits per heavy atom. The molecule has 1 aromatic carbocycles. The van der Waals surface area contributed by atoms with Gasteiger partial charge in [-0.05, 0) is 45.4 Å². The number of nitrogens with one attached hydrogen (secondary N) is 1. The molecule has 1 rings (SSSR count). The molecule has 21 heavy (non-hydrogen) atoms. The van der Waals surface area contributed by atoms with Crippen molar-refractivity contribution in [2.24, 2.45) is 5.73 Å². The number of nitrogens with two attached hydrogens (primary N) is 1. The van der Waals surface area contributed by atoms with Crippen LogP contribution in [-0.4, -0.2) is 20.0 Å². The van der Waals surface area contributed by atoms with Crippen molar-refractivity contribution in [1.82, 2.24) is 4.72 Å². The topological polar surface area (TPSA) is 72.2 Å². The maximum atomic E-state index is 12.8. The van der Waals surface area contributed by atoms with Crippen LogP contribution in [0.5, 0.6) is 0 Å². The fraction of sp³-hybridized carbons (Fsp3) is 0.538. The van der Waals surface area contributed by atoms with Gasteiger partial charge in [-0.3, -0.25) is 0 Å². The van der Waals surface area contributed by atoms with Crippen LogP contribution in [0.3, 0.4) is 0 Å². The Kier molecular flexibility index (Phi) is 4.77. The zero-order valence-corrected chi connectivity index (χ0v) is 13.1. The van der Waals surface area contributed by atoms with Gasteiger partial charge in [0.15, 0.2) is 0 Å². The van der Waals surface area contributed by atoms with Crippen LogP contribution >= 0.6 is 0 Å². The molecule has 0 fully saturated rings. The zero-order chi connectivity index (χ0) is 16.6. The van der Waals surface area contributed by atoms with Crippen LogP contribution in [0.25, 0.3) is 0 Å². The minimum absolute atomic E-state index is 0.335. The van der Waals surface area contributed by atoms with E-state index in [9.17, 15) is 21.6 Å². The van der Waals surface area contributed by atoms with E-state index in [1.165, 1.54) is 0 Å². The van der Waals surface area contributed by atoms with Crippen molar-refractivity contribution in [2.75, 3.05) is 0 Å². The number of benzene rings is 1. The highest BCUT2D eigenvalue weighted by atomic mass is 32.2. The molecule has 8 heteroatoms. The summed E-state index contributed by atoms with van der Waals surface area (Å²) in [5, 5.41) is 0. The second kappa shape index (κ2) is 5.58. The van der Waals surface area contributed by atoms with Crippen molar-refractivity contribution < 1.29 is 21.6 Å². The summed E-state index contributed by atoms with van der Waals surface area (Å²) in [5.41, 5.74) is 3.40. The van der Waals surface area contributed by atoms with Crippen molar-refractivity contribution in [3.05, 3.63) is 29.3 Å². The lowest BCUT2D eigenvalue weighted by Crippen LogP contribution is -2.54. The van der Waals surface area contributed by atoms with Gasteiger partial charge in [0.2, 0.25) is 10.0 Å². The van der Waals surface area contributed by atoms with E-state index in [0.29, 0.717) is 0 Å². The molecule has 0 aliphatic rings. The molecule has 0 bridgehead atoms. The molecule has 0 radical (unpaired) electrons. The van der Waals surface area contributed by atoms with Crippen LogP contribution in [0.4, 0.5) is 13.2 Å². The SMILES string of the molecule is Cc1c(C(F)(F)F)cccc1S(=O)(=O)NC(C)(C)C(C)N. The Morgan fingerprint density at radius 3 is 2.19 bits per heavy atom. The standard InChI is InChI=1S/C13H19F3N2O2S/c1-8-10(13(14,15)16)6-5-7-11(8)21(19,20)18-12(3,4)9(2)17/h5-7,9,18H,17H2,1-4H3. The summed E-state index contributed by atoms with van der Waals surface area (Å²) in [6, 6.07) is 2.55. The van der Waals surface area contributed by atoms with Crippen LogP contribution < -0.4 is 10.5 Å². The van der Waals surface area contributed by atoms with E-state index in [0.717, 1.165) is 25.1 Å². The van der Waals surface area contributed by atoms with Gasteiger partial charge in [-0.2, -0.15) is 13.2 Å². The third kappa shape index (κ3) is 3.96. The molecule has 0 aromatic heterocycles. The fourth-order valence-electron chi connectivity index (χ4n) is 1.71. The predicted molar refractivity (Wildman–Crippen MR) is 74.2 cm³/mol. The smallest absolute Gasteiger partial charge is 0.326 e. The maximum absolute atomic E-state index is 12.8. The molecule has 1 unspecified atom stereocenters. The minimum atomic E-state index is -4.60. The summed E-state index contributed by atoms with van der Waals surface area (Å²) in [7, 11) is -4.11. The van der Waals surface area contributed by atoms with E-state index in [-0.39, 0.29) is 5.56 Å². The van der Waals surface area contributed by atoms with Crippen LogP contribution in [0.15, 0.2) is 23.1 Å². The van der Waals surface area contributed by atoms with Gasteiger partial charge in [0.25, 0.3) is 0 Å². The first kappa shape index (κ1) is 17.9. The number of halogens is 3. The molecular formula is C13H19F3N2O2S. The van der Waals surface area contributed by atoms with Crippen LogP contribution in [0.1, 0.15) is 31.9 Å². The summed E-state index contributed by atoms with van der Waals surface area (Å²) in [4.78, 5) is -0.397. The summed E-state index contributed by atoms with van der Waals surface area (Å²) in [6.07, 6.45) is -4.60. The highest BCUT2D eigenvalue weighted by Crippen LogP contribution is 2.34. The molecule has 1 aromatic rings. The summed E-state index contributed by atoms with van der Waals surface area (Å²) < 4.78 is 65.5. The summed E-state index contributed by atoms with van der Waals surface area (Å²) in [6.45, 7) is 5.88. The number of alkyl halides is 3. The van der Waals surface area contributed by atoms with E-state index in [1.54, 1.807) is 20.8 Å². The summed E-state index contributed by atoms with van der Waals surface area (Å²) in [5.74, 6) is 0. The van der Waals surface area contributed by atoms with Gasteiger partial charge in [0.1, 0.15) is 0 Å². The molecule has 0 heterocycles. The molecule has 1 atom stereocenters. The molecule has 120 valence electrons. The first-order valence-corrected chi connectivity index (χ1v) is 7.74. The monoisotopic (exact) mass is 324 g/mol. The van der Waals surface area contributed by atoms with E-state index in [2.05, 4.69) is 4.72 Å². The van der Waals surface area contributed by atoms with E-state index in [4.69, 9.17) is 5.73 Å². The van der Waals surface area contributed by atoms with Gasteiger partial charge < -0.3 is 5.73 Å². The van der Waals surface area contributed by atoms with Gasteiger partial charge in [-0.1, -0.05) is 6.07 Å². The Balaban J connectivity index is 3.35. The first-order chi connectivity index (χ1) is 9.29.